The molecule has 2 rings (SSSR count). The summed E-state index contributed by atoms with van der Waals surface area (Å²) >= 11 is 7.89. The first kappa shape index (κ1) is 14.3. The van der Waals surface area contributed by atoms with Crippen LogP contribution in [-0.4, -0.2) is 12.1 Å². The average Bonchev–Trinajstić information content (AvgIpc) is 2.83. The highest BCUT2D eigenvalue weighted by Crippen LogP contribution is 2.27. The van der Waals surface area contributed by atoms with Crippen molar-refractivity contribution in [2.45, 2.75) is 26.4 Å². The van der Waals surface area contributed by atoms with E-state index in [0.29, 0.717) is 6.54 Å². The molecule has 1 aromatic heterocycles. The maximum atomic E-state index is 6.22. The molecule has 0 saturated heterocycles. The molecule has 0 spiro atoms. The van der Waals surface area contributed by atoms with Gasteiger partial charge in [0.1, 0.15) is 5.75 Å². The van der Waals surface area contributed by atoms with E-state index >= 15 is 0 Å². The van der Waals surface area contributed by atoms with E-state index in [4.69, 9.17) is 16.3 Å². The number of hydrogen-bond donors (Lipinski definition) is 1. The van der Waals surface area contributed by atoms with E-state index in [1.165, 1.54) is 4.88 Å². The van der Waals surface area contributed by atoms with Crippen molar-refractivity contribution < 1.29 is 4.74 Å². The fourth-order valence-electron chi connectivity index (χ4n) is 1.98. The molecule has 0 fully saturated rings. The normalized spacial score (nSPS) is 12.4. The van der Waals surface area contributed by atoms with Gasteiger partial charge in [0, 0.05) is 28.0 Å². The van der Waals surface area contributed by atoms with Gasteiger partial charge in [0.25, 0.3) is 0 Å². The van der Waals surface area contributed by atoms with Gasteiger partial charge < -0.3 is 10.1 Å². The number of thiazole rings is 1. The fraction of sp³-hybridized carbons (Fsp3) is 0.357. The first-order valence-corrected chi connectivity index (χ1v) is 7.34. The van der Waals surface area contributed by atoms with Gasteiger partial charge in [-0.25, -0.2) is 4.98 Å². The monoisotopic (exact) mass is 296 g/mol. The van der Waals surface area contributed by atoms with Crippen LogP contribution in [0.15, 0.2) is 23.7 Å². The molecular formula is C14H17ClN2OS. The first-order chi connectivity index (χ1) is 9.13. The summed E-state index contributed by atoms with van der Waals surface area (Å²) < 4.78 is 5.34. The predicted octanol–water partition coefficient (Wildman–Crippen LogP) is 3.96. The third-order valence-corrected chi connectivity index (χ3v) is 4.52. The van der Waals surface area contributed by atoms with E-state index in [-0.39, 0.29) is 6.04 Å². The molecule has 1 N–H and O–H groups in total. The average molecular weight is 297 g/mol. The maximum Gasteiger partial charge on any atom is 0.124 e. The number of benzene rings is 1. The third kappa shape index (κ3) is 3.26. The van der Waals surface area contributed by atoms with Crippen LogP contribution < -0.4 is 10.1 Å². The van der Waals surface area contributed by atoms with Crippen molar-refractivity contribution in [3.63, 3.8) is 0 Å². The van der Waals surface area contributed by atoms with Crippen molar-refractivity contribution >= 4 is 22.9 Å². The molecule has 0 bridgehead atoms. The minimum Gasteiger partial charge on any atom is -0.496 e. The Bertz CT molecular complexity index is 556. The highest BCUT2D eigenvalue weighted by molar-refractivity contribution is 7.09. The van der Waals surface area contributed by atoms with Crippen LogP contribution in [0.5, 0.6) is 5.75 Å². The Morgan fingerprint density at radius 2 is 2.26 bits per heavy atom. The molecule has 0 aliphatic heterocycles. The lowest BCUT2D eigenvalue weighted by atomic mass is 10.1. The second-order valence-electron chi connectivity index (χ2n) is 4.33. The Morgan fingerprint density at radius 1 is 1.47 bits per heavy atom. The lowest BCUT2D eigenvalue weighted by Gasteiger charge is -2.15. The van der Waals surface area contributed by atoms with Crippen LogP contribution in [-0.2, 0) is 6.54 Å². The van der Waals surface area contributed by atoms with Gasteiger partial charge in [-0.05, 0) is 26.0 Å². The number of nitrogens with zero attached hydrogens (tertiary/aromatic N) is 1. The number of aryl methyl sites for hydroxylation is 1. The van der Waals surface area contributed by atoms with E-state index in [1.807, 2.05) is 30.6 Å². The van der Waals surface area contributed by atoms with Crippen molar-refractivity contribution in [1.29, 1.82) is 0 Å². The van der Waals surface area contributed by atoms with E-state index in [1.54, 1.807) is 18.4 Å². The van der Waals surface area contributed by atoms with Crippen LogP contribution >= 0.6 is 22.9 Å². The number of rotatable bonds is 5. The van der Waals surface area contributed by atoms with Crippen molar-refractivity contribution in [2.75, 3.05) is 7.11 Å². The molecule has 3 nitrogen and oxygen atoms in total. The molecular weight excluding hydrogens is 280 g/mol. The van der Waals surface area contributed by atoms with E-state index < -0.39 is 0 Å². The van der Waals surface area contributed by atoms with Gasteiger partial charge in [-0.15, -0.1) is 11.3 Å². The van der Waals surface area contributed by atoms with Crippen molar-refractivity contribution in [2.24, 2.45) is 0 Å². The summed E-state index contributed by atoms with van der Waals surface area (Å²) in [5.74, 6) is 0.813. The Morgan fingerprint density at radius 3 is 2.89 bits per heavy atom. The van der Waals surface area contributed by atoms with Crippen LogP contribution in [0, 0.1) is 6.92 Å². The third-order valence-electron chi connectivity index (χ3n) is 3.06. The highest BCUT2D eigenvalue weighted by atomic mass is 35.5. The van der Waals surface area contributed by atoms with E-state index in [9.17, 15) is 0 Å². The molecule has 1 unspecified atom stereocenters. The standard InChI is InChI=1S/C14H17ClN2OS/c1-9(14-10(2)17-8-19-14)16-7-11-12(15)5-4-6-13(11)18-3/h4-6,8-9,16H,7H2,1-3H3. The number of ether oxygens (including phenoxy) is 1. The topological polar surface area (TPSA) is 34.1 Å². The molecule has 0 aliphatic rings. The molecule has 0 saturated carbocycles. The van der Waals surface area contributed by atoms with E-state index in [2.05, 4.69) is 17.2 Å². The second-order valence-corrected chi connectivity index (χ2v) is 5.62. The number of halogens is 1. The summed E-state index contributed by atoms with van der Waals surface area (Å²) in [7, 11) is 1.66. The Kier molecular flexibility index (Phi) is 4.80. The summed E-state index contributed by atoms with van der Waals surface area (Å²) in [6, 6.07) is 5.94. The minimum absolute atomic E-state index is 0.244. The van der Waals surface area contributed by atoms with Crippen LogP contribution in [0.1, 0.15) is 29.1 Å². The molecule has 0 amide bonds. The molecule has 1 heterocycles. The van der Waals surface area contributed by atoms with Gasteiger partial charge in [0.2, 0.25) is 0 Å². The van der Waals surface area contributed by atoms with Crippen molar-refractivity contribution in [3.8, 4) is 5.75 Å². The summed E-state index contributed by atoms with van der Waals surface area (Å²) in [5.41, 5.74) is 3.94. The molecule has 19 heavy (non-hydrogen) atoms. The molecule has 0 radical (unpaired) electrons. The SMILES string of the molecule is COc1cccc(Cl)c1CNC(C)c1scnc1C. The summed E-state index contributed by atoms with van der Waals surface area (Å²) in [4.78, 5) is 5.53. The first-order valence-electron chi connectivity index (χ1n) is 6.08. The minimum atomic E-state index is 0.244. The molecule has 0 aliphatic carbocycles. The Balaban J connectivity index is 2.09. The summed E-state index contributed by atoms with van der Waals surface area (Å²) in [6.07, 6.45) is 0. The number of aromatic nitrogens is 1. The summed E-state index contributed by atoms with van der Waals surface area (Å²) in [5, 5.41) is 4.19. The fourth-order valence-corrected chi connectivity index (χ4v) is 3.04. The zero-order valence-corrected chi connectivity index (χ0v) is 12.8. The number of methoxy groups -OCH3 is 1. The van der Waals surface area contributed by atoms with Crippen LogP contribution in [0.25, 0.3) is 0 Å². The predicted molar refractivity (Wildman–Crippen MR) is 80.1 cm³/mol. The molecule has 1 atom stereocenters. The second kappa shape index (κ2) is 6.37. The number of hydrogen-bond acceptors (Lipinski definition) is 4. The zero-order chi connectivity index (χ0) is 13.8. The van der Waals surface area contributed by atoms with E-state index in [0.717, 1.165) is 22.0 Å². The molecule has 2 aromatic rings. The molecule has 5 heteroatoms. The lowest BCUT2D eigenvalue weighted by molar-refractivity contribution is 0.406. The van der Waals surface area contributed by atoms with Gasteiger partial charge in [-0.3, -0.25) is 0 Å². The van der Waals surface area contributed by atoms with Gasteiger partial charge in [0.15, 0.2) is 0 Å². The molecule has 1 aromatic carbocycles. The smallest absolute Gasteiger partial charge is 0.124 e. The van der Waals surface area contributed by atoms with Crippen molar-refractivity contribution in [1.82, 2.24) is 10.3 Å². The van der Waals surface area contributed by atoms with Gasteiger partial charge in [0.05, 0.1) is 18.3 Å². The highest BCUT2D eigenvalue weighted by Gasteiger charge is 2.13. The lowest BCUT2D eigenvalue weighted by Crippen LogP contribution is -2.18. The van der Waals surface area contributed by atoms with Crippen LogP contribution in [0.4, 0.5) is 0 Å². The molecule has 102 valence electrons. The zero-order valence-electron chi connectivity index (χ0n) is 11.2. The largest absolute Gasteiger partial charge is 0.496 e. The van der Waals surface area contributed by atoms with Gasteiger partial charge in [-0.2, -0.15) is 0 Å². The Labute approximate surface area is 122 Å². The Hall–Kier alpha value is -1.10. The van der Waals surface area contributed by atoms with Crippen LogP contribution in [0.3, 0.4) is 0 Å². The quantitative estimate of drug-likeness (QED) is 0.907. The van der Waals surface area contributed by atoms with Gasteiger partial charge >= 0.3 is 0 Å². The number of nitrogens with one attached hydrogen (secondary N) is 1. The van der Waals surface area contributed by atoms with Crippen LogP contribution in [0.2, 0.25) is 5.02 Å². The maximum absolute atomic E-state index is 6.22. The summed E-state index contributed by atoms with van der Waals surface area (Å²) in [6.45, 7) is 4.82. The van der Waals surface area contributed by atoms with Gasteiger partial charge in [-0.1, -0.05) is 17.7 Å². The van der Waals surface area contributed by atoms with Crippen molar-refractivity contribution in [3.05, 3.63) is 44.9 Å².